The Balaban J connectivity index is 1.22. The molecule has 5 nitrogen and oxygen atoms in total. The molecule has 1 aliphatic carbocycles. The minimum Gasteiger partial charge on any atom is -0.373 e. The summed E-state index contributed by atoms with van der Waals surface area (Å²) in [6, 6.07) is 4.10. The summed E-state index contributed by atoms with van der Waals surface area (Å²) in [5.74, 6) is -1.64. The zero-order valence-electron chi connectivity index (χ0n) is 16.3. The monoisotopic (exact) mass is 393 g/mol. The minimum atomic E-state index is -0.823. The first-order valence-corrected chi connectivity index (χ1v) is 10.4. The highest BCUT2D eigenvalue weighted by Gasteiger charge is 2.41. The van der Waals surface area contributed by atoms with Gasteiger partial charge in [-0.05, 0) is 37.0 Å². The van der Waals surface area contributed by atoms with Crippen LogP contribution in [0.5, 0.6) is 0 Å². The Morgan fingerprint density at radius 3 is 2.57 bits per heavy atom. The molecular formula is C21H29F2N3O2. The third-order valence-corrected chi connectivity index (χ3v) is 6.35. The molecule has 1 spiro atoms. The van der Waals surface area contributed by atoms with Crippen LogP contribution in [0.25, 0.3) is 0 Å². The largest absolute Gasteiger partial charge is 0.373 e. The van der Waals surface area contributed by atoms with Crippen molar-refractivity contribution in [1.29, 1.82) is 0 Å². The Kier molecular flexibility index (Phi) is 5.83. The molecular weight excluding hydrogens is 364 g/mol. The van der Waals surface area contributed by atoms with E-state index in [1.807, 2.05) is 4.90 Å². The zero-order chi connectivity index (χ0) is 19.6. The molecule has 2 aliphatic heterocycles. The summed E-state index contributed by atoms with van der Waals surface area (Å²) in [5, 5.41) is 3.15. The lowest BCUT2D eigenvalue weighted by Crippen LogP contribution is -2.53. The van der Waals surface area contributed by atoms with Crippen LogP contribution >= 0.6 is 0 Å². The normalized spacial score (nSPS) is 25.2. The van der Waals surface area contributed by atoms with Crippen LogP contribution in [-0.2, 0) is 11.3 Å². The molecule has 3 fully saturated rings. The average Bonchev–Trinajstić information content (AvgIpc) is 3.07. The maximum absolute atomic E-state index is 13.4. The van der Waals surface area contributed by atoms with Crippen molar-refractivity contribution in [2.45, 2.75) is 56.7 Å². The van der Waals surface area contributed by atoms with Gasteiger partial charge < -0.3 is 15.0 Å². The fraction of sp³-hybridized carbons (Fsp3) is 0.667. The van der Waals surface area contributed by atoms with Crippen LogP contribution in [0.15, 0.2) is 18.2 Å². The number of carbonyl (C=O) groups excluding carboxylic acids is 1. The number of piperazine rings is 1. The summed E-state index contributed by atoms with van der Waals surface area (Å²) in [6.07, 6.45) is 6.89. The van der Waals surface area contributed by atoms with Gasteiger partial charge in [0, 0.05) is 32.7 Å². The van der Waals surface area contributed by atoms with Crippen molar-refractivity contribution < 1.29 is 18.3 Å². The Hall–Kier alpha value is -1.73. The van der Waals surface area contributed by atoms with E-state index in [1.165, 1.54) is 25.3 Å². The van der Waals surface area contributed by atoms with Crippen LogP contribution < -0.4 is 5.32 Å². The molecule has 1 saturated carbocycles. The molecule has 2 saturated heterocycles. The Bertz CT molecular complexity index is 701. The number of benzene rings is 1. The number of nitrogens with one attached hydrogen (secondary N) is 1. The van der Waals surface area contributed by atoms with Crippen LogP contribution in [0.1, 0.15) is 44.1 Å². The van der Waals surface area contributed by atoms with Gasteiger partial charge in [0.25, 0.3) is 0 Å². The first kappa shape index (κ1) is 19.6. The third kappa shape index (κ3) is 4.46. The van der Waals surface area contributed by atoms with Gasteiger partial charge in [-0.25, -0.2) is 13.6 Å². The van der Waals surface area contributed by atoms with Crippen LogP contribution in [-0.4, -0.2) is 60.3 Å². The number of amides is 2. The van der Waals surface area contributed by atoms with Gasteiger partial charge in [-0.1, -0.05) is 25.3 Å². The third-order valence-electron chi connectivity index (χ3n) is 6.35. The number of ether oxygens (including phenoxy) is 1. The second kappa shape index (κ2) is 8.33. The van der Waals surface area contributed by atoms with Gasteiger partial charge >= 0.3 is 6.03 Å². The summed E-state index contributed by atoms with van der Waals surface area (Å²) < 4.78 is 32.5. The Morgan fingerprint density at radius 2 is 1.86 bits per heavy atom. The molecule has 28 heavy (non-hydrogen) atoms. The molecule has 0 aromatic heterocycles. The van der Waals surface area contributed by atoms with Gasteiger partial charge in [0.2, 0.25) is 0 Å². The van der Waals surface area contributed by atoms with Gasteiger partial charge in [-0.3, -0.25) is 4.90 Å². The number of urea groups is 1. The summed E-state index contributed by atoms with van der Waals surface area (Å²) in [7, 11) is 0. The zero-order valence-corrected chi connectivity index (χ0v) is 16.3. The number of nitrogens with zero attached hydrogens (tertiary/aromatic N) is 2. The van der Waals surface area contributed by atoms with Crippen LogP contribution in [0, 0.1) is 11.6 Å². The predicted molar refractivity (Wildman–Crippen MR) is 102 cm³/mol. The van der Waals surface area contributed by atoms with E-state index in [2.05, 4.69) is 10.2 Å². The number of halogens is 2. The standard InChI is InChI=1S/C21H29F2N3O2/c22-18-5-4-16(12-19(18)23)14-25-8-10-26(11-9-25)20(27)24-17-13-21(28-15-17)6-2-1-3-7-21/h4-5,12,17H,1-3,6-11,13-15H2,(H,24,27)/t17-/m1/s1. The summed E-state index contributed by atoms with van der Waals surface area (Å²) >= 11 is 0. The fourth-order valence-electron chi connectivity index (χ4n) is 4.75. The first-order chi connectivity index (χ1) is 13.5. The topological polar surface area (TPSA) is 44.8 Å². The fourth-order valence-corrected chi connectivity index (χ4v) is 4.75. The minimum absolute atomic E-state index is 0.000669. The molecule has 4 rings (SSSR count). The molecule has 2 heterocycles. The SMILES string of the molecule is O=C(N[C@H]1COC2(CCCCC2)C1)N1CCN(Cc2ccc(F)c(F)c2)CC1. The molecule has 3 aliphatic rings. The molecule has 7 heteroatoms. The van der Waals surface area contributed by atoms with E-state index in [4.69, 9.17) is 4.74 Å². The molecule has 1 N–H and O–H groups in total. The second-order valence-electron chi connectivity index (χ2n) is 8.42. The van der Waals surface area contributed by atoms with Crippen molar-refractivity contribution >= 4 is 6.03 Å². The van der Waals surface area contributed by atoms with E-state index >= 15 is 0 Å². The summed E-state index contributed by atoms with van der Waals surface area (Å²) in [5.41, 5.74) is 0.747. The lowest BCUT2D eigenvalue weighted by Gasteiger charge is -2.35. The average molecular weight is 393 g/mol. The Morgan fingerprint density at radius 1 is 1.11 bits per heavy atom. The van der Waals surface area contributed by atoms with Gasteiger partial charge in [-0.2, -0.15) is 0 Å². The molecule has 0 bridgehead atoms. The quantitative estimate of drug-likeness (QED) is 0.857. The van der Waals surface area contributed by atoms with E-state index in [0.717, 1.165) is 44.0 Å². The van der Waals surface area contributed by atoms with E-state index in [-0.39, 0.29) is 17.7 Å². The molecule has 1 aromatic carbocycles. The highest BCUT2D eigenvalue weighted by molar-refractivity contribution is 5.74. The van der Waals surface area contributed by atoms with Crippen molar-refractivity contribution in [2.75, 3.05) is 32.8 Å². The number of hydrogen-bond donors (Lipinski definition) is 1. The van der Waals surface area contributed by atoms with Crippen LogP contribution in [0.4, 0.5) is 13.6 Å². The molecule has 1 aromatic rings. The maximum atomic E-state index is 13.4. The van der Waals surface area contributed by atoms with Crippen LogP contribution in [0.2, 0.25) is 0 Å². The van der Waals surface area contributed by atoms with Crippen molar-refractivity contribution in [3.8, 4) is 0 Å². The first-order valence-electron chi connectivity index (χ1n) is 10.4. The highest BCUT2D eigenvalue weighted by atomic mass is 19.2. The number of carbonyl (C=O) groups is 1. The van der Waals surface area contributed by atoms with Crippen LogP contribution in [0.3, 0.4) is 0 Å². The van der Waals surface area contributed by atoms with E-state index in [0.29, 0.717) is 26.2 Å². The Labute approximate surface area is 165 Å². The molecule has 2 amide bonds. The predicted octanol–water partition coefficient (Wildman–Crippen LogP) is 3.28. The van der Waals surface area contributed by atoms with E-state index in [1.54, 1.807) is 6.07 Å². The highest BCUT2D eigenvalue weighted by Crippen LogP contribution is 2.39. The van der Waals surface area contributed by atoms with Gasteiger partial charge in [0.05, 0.1) is 18.2 Å². The second-order valence-corrected chi connectivity index (χ2v) is 8.42. The van der Waals surface area contributed by atoms with Crippen molar-refractivity contribution in [1.82, 2.24) is 15.1 Å². The van der Waals surface area contributed by atoms with Crippen molar-refractivity contribution in [2.24, 2.45) is 0 Å². The van der Waals surface area contributed by atoms with Gasteiger partial charge in [-0.15, -0.1) is 0 Å². The lowest BCUT2D eigenvalue weighted by atomic mass is 9.82. The summed E-state index contributed by atoms with van der Waals surface area (Å²) in [4.78, 5) is 16.6. The molecule has 0 radical (unpaired) electrons. The van der Waals surface area contributed by atoms with E-state index in [9.17, 15) is 13.6 Å². The summed E-state index contributed by atoms with van der Waals surface area (Å²) in [6.45, 7) is 3.88. The number of hydrogen-bond acceptors (Lipinski definition) is 3. The van der Waals surface area contributed by atoms with E-state index < -0.39 is 11.6 Å². The van der Waals surface area contributed by atoms with Gasteiger partial charge in [0.15, 0.2) is 11.6 Å². The molecule has 0 unspecified atom stereocenters. The molecule has 1 atom stereocenters. The van der Waals surface area contributed by atoms with Gasteiger partial charge in [0.1, 0.15) is 0 Å². The lowest BCUT2D eigenvalue weighted by molar-refractivity contribution is -0.0246. The maximum Gasteiger partial charge on any atom is 0.317 e. The molecule has 154 valence electrons. The van der Waals surface area contributed by atoms with Crippen molar-refractivity contribution in [3.63, 3.8) is 0 Å². The number of rotatable bonds is 3. The van der Waals surface area contributed by atoms with Crippen molar-refractivity contribution in [3.05, 3.63) is 35.4 Å². The smallest absolute Gasteiger partial charge is 0.317 e.